The first-order valence-electron chi connectivity index (χ1n) is 8.77. The van der Waals surface area contributed by atoms with E-state index in [2.05, 4.69) is 10.1 Å². The number of thioether (sulfide) groups is 1. The molecule has 176 valence electrons. The number of pyridine rings is 1. The maximum Gasteiger partial charge on any atom is 0.416 e. The van der Waals surface area contributed by atoms with Crippen molar-refractivity contribution in [3.63, 3.8) is 0 Å². The molecule has 0 aliphatic carbocycles. The lowest BCUT2D eigenvalue weighted by molar-refractivity contribution is -0.143. The first-order chi connectivity index (χ1) is 15.3. The second-order valence-electron chi connectivity index (χ2n) is 6.55. The molecule has 0 aliphatic rings. The molecule has 1 amide bonds. The number of hydrogen-bond donors (Lipinski definition) is 3. The normalized spacial score (nSPS) is 12.2. The summed E-state index contributed by atoms with van der Waals surface area (Å²) in [6.07, 6.45) is -8.91. The van der Waals surface area contributed by atoms with Crippen molar-refractivity contribution >= 4 is 29.3 Å². The number of H-pyrrole nitrogens is 1. The number of carbonyl (C=O) groups excluding carboxylic acids is 1. The number of hydrogen-bond acceptors (Lipinski definition) is 5. The van der Waals surface area contributed by atoms with Gasteiger partial charge in [0.2, 0.25) is 0 Å². The van der Waals surface area contributed by atoms with E-state index in [1.54, 1.807) is 0 Å². The van der Waals surface area contributed by atoms with Crippen molar-refractivity contribution in [2.24, 2.45) is 0 Å². The van der Waals surface area contributed by atoms with E-state index in [1.165, 1.54) is 0 Å². The summed E-state index contributed by atoms with van der Waals surface area (Å²) in [5, 5.41) is 13.3. The standard InChI is InChI=1S/C18H12F6N4O4S/c19-17(20,21)9-1-8(2-10(3-9)18(22,23)24)6-33-12-4-11(29)14(15-26-7-27-28(12)15)16(32)25-5-13(30)31/h1-4,7H,5-6H2,(H,25,32)(H,26,27)(H,30,31). The van der Waals surface area contributed by atoms with E-state index in [1.807, 2.05) is 5.32 Å². The van der Waals surface area contributed by atoms with Gasteiger partial charge in [-0.25, -0.2) is 9.50 Å². The molecule has 0 saturated carbocycles. The Balaban J connectivity index is 1.95. The van der Waals surface area contributed by atoms with E-state index < -0.39 is 52.9 Å². The summed E-state index contributed by atoms with van der Waals surface area (Å²) in [6.45, 7) is -0.761. The maximum absolute atomic E-state index is 13.0. The van der Waals surface area contributed by atoms with Gasteiger partial charge in [0.1, 0.15) is 23.5 Å². The summed E-state index contributed by atoms with van der Waals surface area (Å²) in [5.74, 6) is -2.75. The van der Waals surface area contributed by atoms with E-state index in [-0.39, 0.29) is 28.1 Å². The van der Waals surface area contributed by atoms with Crippen LogP contribution in [-0.4, -0.2) is 38.1 Å². The number of alkyl halides is 6. The molecule has 2 aromatic heterocycles. The van der Waals surface area contributed by atoms with Crippen LogP contribution in [0, 0.1) is 0 Å². The van der Waals surface area contributed by atoms with Crippen LogP contribution in [0.1, 0.15) is 27.0 Å². The fourth-order valence-corrected chi connectivity index (χ4v) is 3.73. The van der Waals surface area contributed by atoms with Crippen LogP contribution in [0.5, 0.6) is 0 Å². The largest absolute Gasteiger partial charge is 0.480 e. The Morgan fingerprint density at radius 3 is 2.21 bits per heavy atom. The predicted molar refractivity (Wildman–Crippen MR) is 102 cm³/mol. The predicted octanol–water partition coefficient (Wildman–Crippen LogP) is 3.17. The zero-order chi connectivity index (χ0) is 24.6. The summed E-state index contributed by atoms with van der Waals surface area (Å²) in [7, 11) is 0. The minimum atomic E-state index is -5.00. The Hall–Kier alpha value is -3.49. The van der Waals surface area contributed by atoms with Gasteiger partial charge in [-0.15, -0.1) is 11.8 Å². The molecule has 0 radical (unpaired) electrons. The molecule has 3 rings (SSSR count). The number of nitrogens with one attached hydrogen (secondary N) is 2. The molecule has 33 heavy (non-hydrogen) atoms. The summed E-state index contributed by atoms with van der Waals surface area (Å²) < 4.78 is 79.4. The van der Waals surface area contributed by atoms with Crippen LogP contribution in [-0.2, 0) is 22.9 Å². The molecule has 3 N–H and O–H groups in total. The highest BCUT2D eigenvalue weighted by molar-refractivity contribution is 7.98. The Labute approximate surface area is 183 Å². The van der Waals surface area contributed by atoms with Gasteiger partial charge in [0.15, 0.2) is 11.1 Å². The minimum Gasteiger partial charge on any atom is -0.480 e. The van der Waals surface area contributed by atoms with Crippen LogP contribution in [0.3, 0.4) is 0 Å². The molecule has 8 nitrogen and oxygen atoms in total. The zero-order valence-corrected chi connectivity index (χ0v) is 16.9. The van der Waals surface area contributed by atoms with E-state index in [4.69, 9.17) is 5.11 Å². The SMILES string of the molecule is O=C(O)CNC(=O)c1c(=O)cc(SCc2cc(C(F)(F)F)cc(C(F)(F)F)c2)n2[nH]cnc12. The molecule has 0 aliphatic heterocycles. The van der Waals surface area contributed by atoms with Crippen LogP contribution in [0.4, 0.5) is 26.3 Å². The molecule has 15 heteroatoms. The third-order valence-electron chi connectivity index (χ3n) is 4.19. The second-order valence-corrected chi connectivity index (χ2v) is 7.54. The van der Waals surface area contributed by atoms with Gasteiger partial charge in [0, 0.05) is 11.8 Å². The minimum absolute atomic E-state index is 0.0102. The number of carboxylic acid groups (broad SMARTS) is 1. The monoisotopic (exact) mass is 494 g/mol. The highest BCUT2D eigenvalue weighted by atomic mass is 32.2. The number of aromatic nitrogens is 3. The van der Waals surface area contributed by atoms with Crippen molar-refractivity contribution in [1.82, 2.24) is 19.9 Å². The molecule has 0 spiro atoms. The number of halogens is 6. The Kier molecular flexibility index (Phi) is 6.44. The average Bonchev–Trinajstić information content (AvgIpc) is 3.18. The van der Waals surface area contributed by atoms with Crippen molar-refractivity contribution in [2.45, 2.75) is 23.1 Å². The van der Waals surface area contributed by atoms with Crippen molar-refractivity contribution in [2.75, 3.05) is 6.54 Å². The number of carbonyl (C=O) groups is 2. The first-order valence-corrected chi connectivity index (χ1v) is 9.76. The van der Waals surface area contributed by atoms with E-state index in [0.29, 0.717) is 12.1 Å². The van der Waals surface area contributed by atoms with Gasteiger partial charge in [-0.2, -0.15) is 26.3 Å². The third-order valence-corrected chi connectivity index (χ3v) is 5.27. The number of carboxylic acids is 1. The highest BCUT2D eigenvalue weighted by Gasteiger charge is 2.36. The number of fused-ring (bicyclic) bond motifs is 1. The highest BCUT2D eigenvalue weighted by Crippen LogP contribution is 2.37. The zero-order valence-electron chi connectivity index (χ0n) is 16.0. The van der Waals surface area contributed by atoms with Crippen LogP contribution in [0.25, 0.3) is 5.65 Å². The smallest absolute Gasteiger partial charge is 0.416 e. The topological polar surface area (TPSA) is 117 Å². The van der Waals surface area contributed by atoms with Gasteiger partial charge in [-0.1, -0.05) is 0 Å². The first kappa shape index (κ1) is 24.2. The lowest BCUT2D eigenvalue weighted by atomic mass is 10.1. The fraction of sp³-hybridized carbons (Fsp3) is 0.222. The Morgan fingerprint density at radius 1 is 1.06 bits per heavy atom. The fourth-order valence-electron chi connectivity index (χ4n) is 2.79. The molecule has 0 saturated heterocycles. The quantitative estimate of drug-likeness (QED) is 0.358. The molecular weight excluding hydrogens is 482 g/mol. The number of aliphatic carboxylic acids is 1. The van der Waals surface area contributed by atoms with Gasteiger partial charge in [0.25, 0.3) is 5.91 Å². The van der Waals surface area contributed by atoms with Crippen LogP contribution in [0.15, 0.2) is 40.4 Å². The van der Waals surface area contributed by atoms with E-state index >= 15 is 0 Å². The molecule has 0 unspecified atom stereocenters. The van der Waals surface area contributed by atoms with E-state index in [9.17, 15) is 40.7 Å². The van der Waals surface area contributed by atoms with Crippen molar-refractivity contribution in [3.05, 3.63) is 63.1 Å². The molecule has 2 heterocycles. The van der Waals surface area contributed by atoms with Crippen LogP contribution in [0.2, 0.25) is 0 Å². The lowest BCUT2D eigenvalue weighted by Gasteiger charge is -2.14. The molecule has 3 aromatic rings. The van der Waals surface area contributed by atoms with Gasteiger partial charge >= 0.3 is 18.3 Å². The van der Waals surface area contributed by atoms with E-state index in [0.717, 1.165) is 28.7 Å². The van der Waals surface area contributed by atoms with Crippen molar-refractivity contribution in [1.29, 1.82) is 0 Å². The molecule has 1 aromatic carbocycles. The maximum atomic E-state index is 13.0. The Morgan fingerprint density at radius 2 is 1.67 bits per heavy atom. The number of amides is 1. The summed E-state index contributed by atoms with van der Waals surface area (Å²) in [4.78, 5) is 39.0. The van der Waals surface area contributed by atoms with Crippen LogP contribution < -0.4 is 10.7 Å². The molecule has 0 fully saturated rings. The Bertz CT molecular complexity index is 1250. The summed E-state index contributed by atoms with van der Waals surface area (Å²) in [5.41, 5.74) is -4.80. The summed E-state index contributed by atoms with van der Waals surface area (Å²) in [6, 6.07) is 2.09. The average molecular weight is 494 g/mol. The number of nitrogens with zero attached hydrogens (tertiary/aromatic N) is 2. The molecular formula is C18H12F6N4O4S. The number of benzene rings is 1. The summed E-state index contributed by atoms with van der Waals surface area (Å²) >= 11 is 0.730. The third kappa shape index (κ3) is 5.47. The van der Waals surface area contributed by atoms with Crippen LogP contribution >= 0.6 is 11.8 Å². The lowest BCUT2D eigenvalue weighted by Crippen LogP contribution is -2.33. The second kappa shape index (κ2) is 8.80. The van der Waals surface area contributed by atoms with Gasteiger partial charge in [-0.3, -0.25) is 19.5 Å². The van der Waals surface area contributed by atoms with Gasteiger partial charge < -0.3 is 10.4 Å². The van der Waals surface area contributed by atoms with Gasteiger partial charge in [-0.05, 0) is 23.8 Å². The van der Waals surface area contributed by atoms with Gasteiger partial charge in [0.05, 0.1) is 11.1 Å². The molecule has 0 atom stereocenters. The number of rotatable bonds is 6. The van der Waals surface area contributed by atoms with Crippen molar-refractivity contribution < 1.29 is 41.0 Å². The number of aromatic amines is 1. The molecule has 0 bridgehead atoms. The van der Waals surface area contributed by atoms with Crippen molar-refractivity contribution in [3.8, 4) is 0 Å².